The highest BCUT2D eigenvalue weighted by Crippen LogP contribution is 2.18. The van der Waals surface area contributed by atoms with Gasteiger partial charge < -0.3 is 10.4 Å². The standard InChI is InChI=1S/C17H21NO3/c19-16(18-15-9-5-2-6-10-15)12-14(17(20)21)11-13-7-3-1-4-8-13/h1,3-4,7-8,11,15H,2,5-6,9-10,12H2,(H,18,19)(H,20,21). The third-order valence-corrected chi connectivity index (χ3v) is 3.74. The molecule has 0 saturated heterocycles. The van der Waals surface area contributed by atoms with E-state index in [-0.39, 0.29) is 23.9 Å². The molecule has 1 aromatic rings. The molecular formula is C17H21NO3. The van der Waals surface area contributed by atoms with Gasteiger partial charge in [0.2, 0.25) is 5.91 Å². The van der Waals surface area contributed by atoms with Crippen molar-refractivity contribution in [3.8, 4) is 0 Å². The maximum absolute atomic E-state index is 12.0. The summed E-state index contributed by atoms with van der Waals surface area (Å²) in [6.45, 7) is 0. The van der Waals surface area contributed by atoms with Gasteiger partial charge >= 0.3 is 5.97 Å². The highest BCUT2D eigenvalue weighted by molar-refractivity contribution is 5.98. The first-order valence-electron chi connectivity index (χ1n) is 7.43. The van der Waals surface area contributed by atoms with Crippen LogP contribution < -0.4 is 5.32 Å². The predicted octanol–water partition coefficient (Wildman–Crippen LogP) is 2.99. The second-order valence-electron chi connectivity index (χ2n) is 5.46. The third kappa shape index (κ3) is 5.06. The molecule has 112 valence electrons. The molecule has 2 N–H and O–H groups in total. The summed E-state index contributed by atoms with van der Waals surface area (Å²) in [5.41, 5.74) is 0.912. The van der Waals surface area contributed by atoms with E-state index >= 15 is 0 Å². The van der Waals surface area contributed by atoms with Crippen molar-refractivity contribution in [3.05, 3.63) is 41.5 Å². The molecule has 0 bridgehead atoms. The smallest absolute Gasteiger partial charge is 0.332 e. The molecule has 1 aliphatic carbocycles. The number of carboxylic acids is 1. The van der Waals surface area contributed by atoms with Crippen LogP contribution in [0.1, 0.15) is 44.1 Å². The molecule has 0 atom stereocenters. The summed E-state index contributed by atoms with van der Waals surface area (Å²) in [5.74, 6) is -1.25. The van der Waals surface area contributed by atoms with Crippen LogP contribution in [-0.4, -0.2) is 23.0 Å². The Balaban J connectivity index is 1.97. The number of carbonyl (C=O) groups is 2. The molecule has 2 rings (SSSR count). The number of amides is 1. The van der Waals surface area contributed by atoms with Gasteiger partial charge in [-0.3, -0.25) is 4.79 Å². The second kappa shape index (κ2) is 7.62. The second-order valence-corrected chi connectivity index (χ2v) is 5.46. The van der Waals surface area contributed by atoms with Crippen molar-refractivity contribution in [1.82, 2.24) is 5.32 Å². The molecule has 0 radical (unpaired) electrons. The first-order valence-corrected chi connectivity index (χ1v) is 7.43. The molecule has 4 heteroatoms. The monoisotopic (exact) mass is 287 g/mol. The molecule has 1 amide bonds. The first-order chi connectivity index (χ1) is 10.1. The number of aliphatic carboxylic acids is 1. The van der Waals surface area contributed by atoms with E-state index in [1.165, 1.54) is 6.42 Å². The van der Waals surface area contributed by atoms with Crippen molar-refractivity contribution < 1.29 is 14.7 Å². The summed E-state index contributed by atoms with van der Waals surface area (Å²) in [7, 11) is 0. The Labute approximate surface area is 124 Å². The molecule has 1 aromatic carbocycles. The highest BCUT2D eigenvalue weighted by atomic mass is 16.4. The molecule has 1 fully saturated rings. The van der Waals surface area contributed by atoms with E-state index in [0.29, 0.717) is 0 Å². The van der Waals surface area contributed by atoms with Gasteiger partial charge in [0.15, 0.2) is 0 Å². The minimum atomic E-state index is -1.04. The molecule has 1 aliphatic rings. The van der Waals surface area contributed by atoms with Gasteiger partial charge in [-0.15, -0.1) is 0 Å². The lowest BCUT2D eigenvalue weighted by Crippen LogP contribution is -2.36. The van der Waals surface area contributed by atoms with E-state index in [4.69, 9.17) is 0 Å². The van der Waals surface area contributed by atoms with Gasteiger partial charge in [-0.05, 0) is 24.5 Å². The molecule has 0 spiro atoms. The van der Waals surface area contributed by atoms with Crippen LogP contribution in [0.15, 0.2) is 35.9 Å². The molecule has 1 saturated carbocycles. The van der Waals surface area contributed by atoms with Crippen LogP contribution in [0.5, 0.6) is 0 Å². The van der Waals surface area contributed by atoms with Crippen LogP contribution >= 0.6 is 0 Å². The highest BCUT2D eigenvalue weighted by Gasteiger charge is 2.18. The van der Waals surface area contributed by atoms with E-state index in [9.17, 15) is 14.7 Å². The molecule has 0 unspecified atom stereocenters. The Morgan fingerprint density at radius 3 is 2.43 bits per heavy atom. The summed E-state index contributed by atoms with van der Waals surface area (Å²) in [5, 5.41) is 12.2. The van der Waals surface area contributed by atoms with E-state index < -0.39 is 5.97 Å². The van der Waals surface area contributed by atoms with Crippen molar-refractivity contribution in [1.29, 1.82) is 0 Å². The summed E-state index contributed by atoms with van der Waals surface area (Å²) >= 11 is 0. The van der Waals surface area contributed by atoms with Crippen LogP contribution in [0.25, 0.3) is 6.08 Å². The molecule has 0 aromatic heterocycles. The van der Waals surface area contributed by atoms with Gasteiger partial charge in [0.05, 0.1) is 6.42 Å². The van der Waals surface area contributed by atoms with Gasteiger partial charge in [-0.1, -0.05) is 49.6 Å². The lowest BCUT2D eigenvalue weighted by atomic mass is 9.95. The van der Waals surface area contributed by atoms with Crippen molar-refractivity contribution in [2.75, 3.05) is 0 Å². The van der Waals surface area contributed by atoms with Crippen LogP contribution in [0, 0.1) is 0 Å². The summed E-state index contributed by atoms with van der Waals surface area (Å²) in [6.07, 6.45) is 6.96. The summed E-state index contributed by atoms with van der Waals surface area (Å²) in [4.78, 5) is 23.3. The van der Waals surface area contributed by atoms with Crippen molar-refractivity contribution in [3.63, 3.8) is 0 Å². The van der Waals surface area contributed by atoms with Crippen molar-refractivity contribution in [2.24, 2.45) is 0 Å². The minimum Gasteiger partial charge on any atom is -0.478 e. The van der Waals surface area contributed by atoms with Crippen molar-refractivity contribution in [2.45, 2.75) is 44.6 Å². The normalized spacial score (nSPS) is 16.5. The van der Waals surface area contributed by atoms with E-state index in [2.05, 4.69) is 5.32 Å². The molecule has 4 nitrogen and oxygen atoms in total. The first kappa shape index (κ1) is 15.3. The maximum atomic E-state index is 12.0. The van der Waals surface area contributed by atoms with Crippen LogP contribution in [0.4, 0.5) is 0 Å². The lowest BCUT2D eigenvalue weighted by molar-refractivity contribution is -0.134. The zero-order chi connectivity index (χ0) is 15.1. The Kier molecular flexibility index (Phi) is 5.55. The number of hydrogen-bond acceptors (Lipinski definition) is 2. The fraction of sp³-hybridized carbons (Fsp3) is 0.412. The molecule has 21 heavy (non-hydrogen) atoms. The van der Waals surface area contributed by atoms with Crippen molar-refractivity contribution >= 4 is 18.0 Å². The lowest BCUT2D eigenvalue weighted by Gasteiger charge is -2.22. The molecule has 0 aliphatic heterocycles. The quantitative estimate of drug-likeness (QED) is 0.818. The minimum absolute atomic E-state index is 0.0826. The van der Waals surface area contributed by atoms with Gasteiger partial charge in [0.25, 0.3) is 0 Å². The topological polar surface area (TPSA) is 66.4 Å². The third-order valence-electron chi connectivity index (χ3n) is 3.74. The Morgan fingerprint density at radius 2 is 1.81 bits per heavy atom. The fourth-order valence-corrected chi connectivity index (χ4v) is 2.64. The number of carboxylic acid groups (broad SMARTS) is 1. The van der Waals surface area contributed by atoms with Gasteiger partial charge in [0.1, 0.15) is 0 Å². The zero-order valence-electron chi connectivity index (χ0n) is 12.0. The number of hydrogen-bond donors (Lipinski definition) is 2. The largest absolute Gasteiger partial charge is 0.478 e. The van der Waals surface area contributed by atoms with E-state index in [0.717, 1.165) is 31.2 Å². The molecular weight excluding hydrogens is 266 g/mol. The average Bonchev–Trinajstić information content (AvgIpc) is 2.48. The number of rotatable bonds is 5. The SMILES string of the molecule is O=C(CC(=Cc1ccccc1)C(=O)O)NC1CCCCC1. The van der Waals surface area contributed by atoms with Gasteiger partial charge in [-0.2, -0.15) is 0 Å². The Bertz CT molecular complexity index is 516. The Hall–Kier alpha value is -2.10. The van der Waals surface area contributed by atoms with Crippen LogP contribution in [0.3, 0.4) is 0 Å². The van der Waals surface area contributed by atoms with Gasteiger partial charge in [0, 0.05) is 11.6 Å². The van der Waals surface area contributed by atoms with E-state index in [1.54, 1.807) is 6.08 Å². The van der Waals surface area contributed by atoms with Crippen LogP contribution in [-0.2, 0) is 9.59 Å². The summed E-state index contributed by atoms with van der Waals surface area (Å²) < 4.78 is 0. The van der Waals surface area contributed by atoms with Gasteiger partial charge in [-0.25, -0.2) is 4.79 Å². The molecule has 0 heterocycles. The fourth-order valence-electron chi connectivity index (χ4n) is 2.64. The zero-order valence-corrected chi connectivity index (χ0v) is 12.0. The number of carbonyl (C=O) groups excluding carboxylic acids is 1. The average molecular weight is 287 g/mol. The number of nitrogens with one attached hydrogen (secondary N) is 1. The number of benzene rings is 1. The summed E-state index contributed by atoms with van der Waals surface area (Å²) in [6, 6.07) is 9.40. The van der Waals surface area contributed by atoms with Crippen LogP contribution in [0.2, 0.25) is 0 Å². The Morgan fingerprint density at radius 1 is 1.14 bits per heavy atom. The maximum Gasteiger partial charge on any atom is 0.332 e. The van der Waals surface area contributed by atoms with E-state index in [1.807, 2.05) is 30.3 Å². The predicted molar refractivity (Wildman–Crippen MR) is 81.7 cm³/mol.